The number of carbonyl (C=O) groups is 1. The fourth-order valence-electron chi connectivity index (χ4n) is 5.60. The van der Waals surface area contributed by atoms with Gasteiger partial charge in [0.05, 0.1) is 6.54 Å². The lowest BCUT2D eigenvalue weighted by Crippen LogP contribution is -2.56. The van der Waals surface area contributed by atoms with Gasteiger partial charge in [-0.3, -0.25) is 4.79 Å². The molecule has 4 aliphatic carbocycles. The predicted octanol–water partition coefficient (Wildman–Crippen LogP) is 3.10. The van der Waals surface area contributed by atoms with Crippen LogP contribution in [-0.4, -0.2) is 24.5 Å². The normalized spacial score (nSPS) is 40.0. The minimum atomic E-state index is 0.154. The zero-order chi connectivity index (χ0) is 15.0. The Kier molecular flexibility index (Phi) is 4.31. The molecule has 0 heterocycles. The maximum Gasteiger partial charge on any atom is 0.234 e. The molecule has 0 aliphatic heterocycles. The second-order valence-corrected chi connectivity index (χ2v) is 8.26. The Morgan fingerprint density at radius 2 is 1.62 bits per heavy atom. The van der Waals surface area contributed by atoms with Crippen LogP contribution in [0.5, 0.6) is 0 Å². The molecule has 4 saturated carbocycles. The van der Waals surface area contributed by atoms with Crippen molar-refractivity contribution in [2.24, 2.45) is 23.2 Å². The Morgan fingerprint density at radius 3 is 2.10 bits per heavy atom. The number of amides is 1. The van der Waals surface area contributed by atoms with E-state index in [-0.39, 0.29) is 11.9 Å². The maximum atomic E-state index is 12.0. The van der Waals surface area contributed by atoms with Crippen molar-refractivity contribution in [3.8, 4) is 0 Å². The van der Waals surface area contributed by atoms with Crippen molar-refractivity contribution in [3.63, 3.8) is 0 Å². The molecule has 0 radical (unpaired) electrons. The molecule has 4 fully saturated rings. The molecule has 120 valence electrons. The third kappa shape index (κ3) is 3.13. The van der Waals surface area contributed by atoms with Crippen molar-refractivity contribution in [2.45, 2.75) is 77.8 Å². The Morgan fingerprint density at radius 1 is 1.10 bits per heavy atom. The Balaban J connectivity index is 1.53. The molecular formula is C18H32N2O. The summed E-state index contributed by atoms with van der Waals surface area (Å²) in [6.45, 7) is 6.98. The summed E-state index contributed by atoms with van der Waals surface area (Å²) in [5.41, 5.74) is 0.491. The third-order valence-corrected chi connectivity index (χ3v) is 6.59. The Labute approximate surface area is 129 Å². The first-order valence-corrected chi connectivity index (χ1v) is 9.03. The van der Waals surface area contributed by atoms with Gasteiger partial charge in [0.25, 0.3) is 0 Å². The second-order valence-electron chi connectivity index (χ2n) is 8.26. The van der Waals surface area contributed by atoms with Gasteiger partial charge in [-0.1, -0.05) is 6.92 Å². The lowest BCUT2D eigenvalue weighted by Gasteiger charge is -2.59. The van der Waals surface area contributed by atoms with E-state index in [1.165, 1.54) is 38.5 Å². The number of hydrogen-bond donors (Lipinski definition) is 2. The summed E-state index contributed by atoms with van der Waals surface area (Å²) >= 11 is 0. The van der Waals surface area contributed by atoms with Crippen molar-refractivity contribution < 1.29 is 4.79 Å². The van der Waals surface area contributed by atoms with Crippen molar-refractivity contribution in [2.75, 3.05) is 6.54 Å². The zero-order valence-electron chi connectivity index (χ0n) is 14.0. The summed E-state index contributed by atoms with van der Waals surface area (Å²) < 4.78 is 0. The summed E-state index contributed by atoms with van der Waals surface area (Å²) in [7, 11) is 0. The minimum Gasteiger partial charge on any atom is -0.353 e. The minimum absolute atomic E-state index is 0.154. The molecule has 1 amide bonds. The number of rotatable bonds is 6. The molecule has 4 bridgehead atoms. The van der Waals surface area contributed by atoms with Gasteiger partial charge in [-0.05, 0) is 82.0 Å². The monoisotopic (exact) mass is 292 g/mol. The van der Waals surface area contributed by atoms with E-state index in [9.17, 15) is 4.79 Å². The molecule has 3 nitrogen and oxygen atoms in total. The van der Waals surface area contributed by atoms with E-state index in [1.54, 1.807) is 0 Å². The SMILES string of the molecule is CCC(C)NC(=O)CNC(C)C12CC3CC(CC(C3)C1)C2. The molecule has 2 N–H and O–H groups in total. The van der Waals surface area contributed by atoms with Gasteiger partial charge >= 0.3 is 0 Å². The molecule has 2 atom stereocenters. The van der Waals surface area contributed by atoms with Gasteiger partial charge in [-0.15, -0.1) is 0 Å². The highest BCUT2D eigenvalue weighted by atomic mass is 16.1. The average molecular weight is 292 g/mol. The molecule has 3 heteroatoms. The van der Waals surface area contributed by atoms with Crippen LogP contribution in [-0.2, 0) is 4.79 Å². The summed E-state index contributed by atoms with van der Waals surface area (Å²) in [5.74, 6) is 3.10. The molecule has 0 spiro atoms. The molecule has 0 saturated heterocycles. The van der Waals surface area contributed by atoms with Crippen LogP contribution in [0.4, 0.5) is 0 Å². The van der Waals surface area contributed by atoms with Crippen LogP contribution >= 0.6 is 0 Å². The molecule has 21 heavy (non-hydrogen) atoms. The van der Waals surface area contributed by atoms with Gasteiger partial charge in [0.15, 0.2) is 0 Å². The summed E-state index contributed by atoms with van der Waals surface area (Å²) in [6.07, 6.45) is 9.66. The highest BCUT2D eigenvalue weighted by molar-refractivity contribution is 5.78. The zero-order valence-corrected chi connectivity index (χ0v) is 14.0. The lowest BCUT2D eigenvalue weighted by molar-refractivity contribution is -0.121. The van der Waals surface area contributed by atoms with Crippen LogP contribution in [0.2, 0.25) is 0 Å². The summed E-state index contributed by atoms with van der Waals surface area (Å²) in [5, 5.41) is 6.61. The second kappa shape index (κ2) is 5.91. The number of carbonyl (C=O) groups excluding carboxylic acids is 1. The molecule has 2 unspecified atom stereocenters. The van der Waals surface area contributed by atoms with Crippen LogP contribution in [0.1, 0.15) is 65.7 Å². The highest BCUT2D eigenvalue weighted by Gasteiger charge is 2.52. The molecule has 0 aromatic rings. The van der Waals surface area contributed by atoms with Crippen LogP contribution < -0.4 is 10.6 Å². The molecule has 4 aliphatic rings. The van der Waals surface area contributed by atoms with Gasteiger partial charge in [0.2, 0.25) is 5.91 Å². The summed E-state index contributed by atoms with van der Waals surface area (Å²) in [6, 6.07) is 0.766. The van der Waals surface area contributed by atoms with Crippen molar-refractivity contribution in [1.82, 2.24) is 10.6 Å². The van der Waals surface area contributed by atoms with Gasteiger partial charge < -0.3 is 10.6 Å². The van der Waals surface area contributed by atoms with E-state index in [0.717, 1.165) is 24.2 Å². The fourth-order valence-corrected chi connectivity index (χ4v) is 5.60. The number of nitrogens with one attached hydrogen (secondary N) is 2. The first-order chi connectivity index (χ1) is 10.0. The smallest absolute Gasteiger partial charge is 0.234 e. The van der Waals surface area contributed by atoms with Crippen molar-refractivity contribution in [3.05, 3.63) is 0 Å². The number of hydrogen-bond acceptors (Lipinski definition) is 2. The first-order valence-electron chi connectivity index (χ1n) is 9.03. The Hall–Kier alpha value is -0.570. The fraction of sp³-hybridized carbons (Fsp3) is 0.944. The van der Waals surface area contributed by atoms with Crippen LogP contribution in [0.25, 0.3) is 0 Å². The molecule has 0 aromatic carbocycles. The largest absolute Gasteiger partial charge is 0.353 e. The van der Waals surface area contributed by atoms with E-state index in [2.05, 4.69) is 31.4 Å². The molecule has 4 rings (SSSR count). The van der Waals surface area contributed by atoms with Gasteiger partial charge in [0, 0.05) is 12.1 Å². The Bertz CT molecular complexity index is 357. The first kappa shape index (κ1) is 15.3. The van der Waals surface area contributed by atoms with E-state index in [0.29, 0.717) is 18.0 Å². The van der Waals surface area contributed by atoms with E-state index in [4.69, 9.17) is 0 Å². The van der Waals surface area contributed by atoms with Gasteiger partial charge in [-0.2, -0.15) is 0 Å². The van der Waals surface area contributed by atoms with Gasteiger partial charge in [-0.25, -0.2) is 0 Å². The summed E-state index contributed by atoms with van der Waals surface area (Å²) in [4.78, 5) is 12.0. The van der Waals surface area contributed by atoms with E-state index >= 15 is 0 Å². The topological polar surface area (TPSA) is 41.1 Å². The van der Waals surface area contributed by atoms with Crippen LogP contribution in [0.15, 0.2) is 0 Å². The van der Waals surface area contributed by atoms with Crippen LogP contribution in [0.3, 0.4) is 0 Å². The van der Waals surface area contributed by atoms with Crippen molar-refractivity contribution in [1.29, 1.82) is 0 Å². The molecular weight excluding hydrogens is 260 g/mol. The van der Waals surface area contributed by atoms with E-state index < -0.39 is 0 Å². The third-order valence-electron chi connectivity index (χ3n) is 6.59. The maximum absolute atomic E-state index is 12.0. The van der Waals surface area contributed by atoms with E-state index in [1.807, 2.05) is 0 Å². The standard InChI is InChI=1S/C18H32N2O/c1-4-12(2)20-17(21)11-19-13(3)18-8-14-5-15(9-18)7-16(6-14)10-18/h12-16,19H,4-11H2,1-3H3,(H,20,21). The highest BCUT2D eigenvalue weighted by Crippen LogP contribution is 2.61. The quantitative estimate of drug-likeness (QED) is 0.790. The molecule has 0 aromatic heterocycles. The average Bonchev–Trinajstić information content (AvgIpc) is 2.43. The predicted molar refractivity (Wildman–Crippen MR) is 86.0 cm³/mol. The lowest BCUT2D eigenvalue weighted by atomic mass is 9.48. The van der Waals surface area contributed by atoms with Crippen molar-refractivity contribution >= 4 is 5.91 Å². The van der Waals surface area contributed by atoms with Crippen LogP contribution in [0, 0.1) is 23.2 Å². The van der Waals surface area contributed by atoms with Gasteiger partial charge in [0.1, 0.15) is 0 Å².